The Morgan fingerprint density at radius 2 is 2.41 bits per heavy atom. The molecule has 1 rings (SSSR count). The van der Waals surface area contributed by atoms with Gasteiger partial charge < -0.3 is 4.74 Å². The Hall–Kier alpha value is -1.90. The van der Waals surface area contributed by atoms with Gasteiger partial charge in [-0.05, 0) is 30.5 Å². The Labute approximate surface area is 102 Å². The summed E-state index contributed by atoms with van der Waals surface area (Å²) < 4.78 is 5.03. The molecular weight excluding hydrogens is 214 g/mol. The highest BCUT2D eigenvalue weighted by molar-refractivity contribution is 5.87. The Morgan fingerprint density at radius 1 is 1.65 bits per heavy atom. The molecule has 0 saturated carbocycles. The zero-order chi connectivity index (χ0) is 12.7. The lowest BCUT2D eigenvalue weighted by atomic mass is 9.92. The molecule has 0 aliphatic heterocycles. The van der Waals surface area contributed by atoms with Crippen molar-refractivity contribution in [3.63, 3.8) is 0 Å². The van der Waals surface area contributed by atoms with E-state index in [0.717, 1.165) is 11.1 Å². The van der Waals surface area contributed by atoms with Gasteiger partial charge in [0.25, 0.3) is 0 Å². The topological polar surface area (TPSA) is 39.2 Å². The molecule has 0 N–H and O–H groups in total. The first-order valence-electron chi connectivity index (χ1n) is 5.57. The van der Waals surface area contributed by atoms with Crippen LogP contribution in [-0.2, 0) is 9.53 Å². The average Bonchev–Trinajstić information content (AvgIpc) is 2.36. The van der Waals surface area contributed by atoms with Crippen molar-refractivity contribution in [2.24, 2.45) is 5.92 Å². The van der Waals surface area contributed by atoms with E-state index in [2.05, 4.69) is 18.1 Å². The molecule has 0 aliphatic rings. The Kier molecular flexibility index (Phi) is 5.14. The molecule has 3 heteroatoms. The van der Waals surface area contributed by atoms with Crippen LogP contribution in [0.4, 0.5) is 0 Å². The summed E-state index contributed by atoms with van der Waals surface area (Å²) in [6.07, 6.45) is 5.59. The van der Waals surface area contributed by atoms with Crippen molar-refractivity contribution < 1.29 is 9.53 Å². The van der Waals surface area contributed by atoms with Gasteiger partial charge in [0.15, 0.2) is 0 Å². The molecule has 3 nitrogen and oxygen atoms in total. The third kappa shape index (κ3) is 3.55. The highest BCUT2D eigenvalue weighted by Crippen LogP contribution is 2.25. The predicted molar refractivity (Wildman–Crippen MR) is 68.2 cm³/mol. The van der Waals surface area contributed by atoms with Crippen LogP contribution >= 0.6 is 0 Å². The maximum atomic E-state index is 11.8. The first-order valence-corrected chi connectivity index (χ1v) is 5.57. The van der Waals surface area contributed by atoms with Crippen LogP contribution in [0.25, 0.3) is 5.57 Å². The smallest absolute Gasteiger partial charge is 0.313 e. The molecule has 0 radical (unpaired) electrons. The van der Waals surface area contributed by atoms with Crippen molar-refractivity contribution in [2.75, 3.05) is 6.61 Å². The van der Waals surface area contributed by atoms with Crippen LogP contribution in [-0.4, -0.2) is 17.6 Å². The van der Waals surface area contributed by atoms with Gasteiger partial charge in [-0.15, -0.1) is 6.58 Å². The summed E-state index contributed by atoms with van der Waals surface area (Å²) in [7, 11) is 0. The summed E-state index contributed by atoms with van der Waals surface area (Å²) in [4.78, 5) is 15.8. The van der Waals surface area contributed by atoms with Gasteiger partial charge in [0.05, 0.1) is 12.5 Å². The quantitative estimate of drug-likeness (QED) is 0.558. The Morgan fingerprint density at radius 3 is 2.94 bits per heavy atom. The summed E-state index contributed by atoms with van der Waals surface area (Å²) >= 11 is 0. The molecule has 0 aromatic carbocycles. The maximum absolute atomic E-state index is 11.8. The van der Waals surface area contributed by atoms with Gasteiger partial charge in [-0.3, -0.25) is 9.78 Å². The zero-order valence-corrected chi connectivity index (χ0v) is 10.1. The summed E-state index contributed by atoms with van der Waals surface area (Å²) in [5.41, 5.74) is 1.57. The summed E-state index contributed by atoms with van der Waals surface area (Å²) in [6.45, 7) is 9.77. The zero-order valence-electron chi connectivity index (χ0n) is 10.1. The number of rotatable bonds is 6. The molecule has 1 aromatic heterocycles. The summed E-state index contributed by atoms with van der Waals surface area (Å²) in [5.74, 6) is -0.641. The molecule has 1 aromatic rings. The fourth-order valence-corrected chi connectivity index (χ4v) is 1.54. The number of ether oxygens (including phenoxy) is 1. The van der Waals surface area contributed by atoms with Crippen molar-refractivity contribution in [3.8, 4) is 0 Å². The minimum Gasteiger partial charge on any atom is -0.466 e. The number of allylic oxidation sites excluding steroid dienone is 1. The molecule has 1 heterocycles. The molecular formula is C14H17NO2. The van der Waals surface area contributed by atoms with Gasteiger partial charge in [0, 0.05) is 12.4 Å². The fraction of sp³-hybridized carbons (Fsp3) is 0.286. The van der Waals surface area contributed by atoms with E-state index in [1.807, 2.05) is 12.1 Å². The van der Waals surface area contributed by atoms with Crippen LogP contribution in [0.2, 0.25) is 0 Å². The molecule has 1 atom stereocenters. The van der Waals surface area contributed by atoms with Gasteiger partial charge in [0.2, 0.25) is 0 Å². The molecule has 0 saturated heterocycles. The van der Waals surface area contributed by atoms with Gasteiger partial charge in [-0.1, -0.05) is 18.7 Å². The van der Waals surface area contributed by atoms with Gasteiger partial charge >= 0.3 is 5.97 Å². The van der Waals surface area contributed by atoms with Crippen molar-refractivity contribution in [3.05, 3.63) is 49.3 Å². The van der Waals surface area contributed by atoms with Crippen LogP contribution in [0, 0.1) is 5.92 Å². The lowest BCUT2D eigenvalue weighted by Crippen LogP contribution is -2.18. The van der Waals surface area contributed by atoms with Crippen LogP contribution in [0.1, 0.15) is 18.9 Å². The highest BCUT2D eigenvalue weighted by atomic mass is 16.5. The molecule has 1 unspecified atom stereocenters. The summed E-state index contributed by atoms with van der Waals surface area (Å²) in [6, 6.07) is 3.70. The van der Waals surface area contributed by atoms with E-state index in [1.165, 1.54) is 0 Å². The van der Waals surface area contributed by atoms with Crippen molar-refractivity contribution in [1.82, 2.24) is 4.98 Å². The fourth-order valence-electron chi connectivity index (χ4n) is 1.54. The van der Waals surface area contributed by atoms with Crippen molar-refractivity contribution >= 4 is 11.5 Å². The normalized spacial score (nSPS) is 11.6. The van der Waals surface area contributed by atoms with Crippen LogP contribution in [0.3, 0.4) is 0 Å². The minimum atomic E-state index is -0.378. The number of carbonyl (C=O) groups is 1. The lowest BCUT2D eigenvalue weighted by Gasteiger charge is -2.16. The number of hydrogen-bond acceptors (Lipinski definition) is 3. The SMILES string of the molecule is C=CCC(C(=C)c1cccnc1)C(=O)OCC. The molecule has 0 aliphatic carbocycles. The molecule has 0 amide bonds. The van der Waals surface area contributed by atoms with Crippen LogP contribution < -0.4 is 0 Å². The summed E-state index contributed by atoms with van der Waals surface area (Å²) in [5, 5.41) is 0. The first-order chi connectivity index (χ1) is 8.20. The second-order valence-corrected chi connectivity index (χ2v) is 3.60. The average molecular weight is 231 g/mol. The molecule has 17 heavy (non-hydrogen) atoms. The van der Waals surface area contributed by atoms with Crippen molar-refractivity contribution in [2.45, 2.75) is 13.3 Å². The van der Waals surface area contributed by atoms with E-state index in [-0.39, 0.29) is 11.9 Å². The van der Waals surface area contributed by atoms with Gasteiger partial charge in [0.1, 0.15) is 0 Å². The molecule has 0 spiro atoms. The van der Waals surface area contributed by atoms with E-state index >= 15 is 0 Å². The minimum absolute atomic E-state index is 0.263. The van der Waals surface area contributed by atoms with Gasteiger partial charge in [-0.25, -0.2) is 0 Å². The molecule has 0 bridgehead atoms. The van der Waals surface area contributed by atoms with Crippen LogP contribution in [0.15, 0.2) is 43.8 Å². The standard InChI is InChI=1S/C14H17NO2/c1-4-7-13(14(16)17-5-2)11(3)12-8-6-9-15-10-12/h4,6,8-10,13H,1,3,5,7H2,2H3. The largest absolute Gasteiger partial charge is 0.466 e. The number of hydrogen-bond donors (Lipinski definition) is 0. The van der Waals surface area contributed by atoms with E-state index < -0.39 is 0 Å². The number of carbonyl (C=O) groups excluding carboxylic acids is 1. The molecule has 90 valence electrons. The lowest BCUT2D eigenvalue weighted by molar-refractivity contribution is -0.145. The van der Waals surface area contributed by atoms with E-state index in [1.54, 1.807) is 25.4 Å². The third-order valence-electron chi connectivity index (χ3n) is 2.43. The second kappa shape index (κ2) is 6.63. The number of pyridine rings is 1. The Bertz CT molecular complexity index is 398. The number of nitrogens with zero attached hydrogens (tertiary/aromatic N) is 1. The number of esters is 1. The van der Waals surface area contributed by atoms with E-state index in [4.69, 9.17) is 4.74 Å². The number of aromatic nitrogens is 1. The monoisotopic (exact) mass is 231 g/mol. The second-order valence-electron chi connectivity index (χ2n) is 3.60. The Balaban J connectivity index is 2.87. The van der Waals surface area contributed by atoms with E-state index in [0.29, 0.717) is 13.0 Å². The van der Waals surface area contributed by atoms with Gasteiger partial charge in [-0.2, -0.15) is 0 Å². The van der Waals surface area contributed by atoms with E-state index in [9.17, 15) is 4.79 Å². The highest BCUT2D eigenvalue weighted by Gasteiger charge is 2.22. The van der Waals surface area contributed by atoms with Crippen molar-refractivity contribution in [1.29, 1.82) is 0 Å². The third-order valence-corrected chi connectivity index (χ3v) is 2.43. The predicted octanol–water partition coefficient (Wildman–Crippen LogP) is 2.85. The molecule has 0 fully saturated rings. The first kappa shape index (κ1) is 13.2. The maximum Gasteiger partial charge on any atom is 0.313 e. The van der Waals surface area contributed by atoms with Crippen LogP contribution in [0.5, 0.6) is 0 Å².